The number of nitrogens with one attached hydrogen (secondary N) is 1. The standard InChI is InChI=1S/C11H20N4O2S/c1-3-15(18(2,16)17)9-5-8-14-11-10(12)6-4-7-13-11/h4,6-7H,3,5,8-9,12H2,1-2H3,(H,13,14). The molecule has 0 aliphatic rings. The van der Waals surface area contributed by atoms with Gasteiger partial charge in [0.1, 0.15) is 5.82 Å². The molecule has 0 saturated heterocycles. The zero-order chi connectivity index (χ0) is 13.6. The lowest BCUT2D eigenvalue weighted by molar-refractivity contribution is 0.428. The first-order valence-corrected chi connectivity index (χ1v) is 7.69. The van der Waals surface area contributed by atoms with E-state index in [2.05, 4.69) is 10.3 Å². The van der Waals surface area contributed by atoms with Gasteiger partial charge in [-0.3, -0.25) is 0 Å². The fourth-order valence-corrected chi connectivity index (χ4v) is 2.52. The Morgan fingerprint density at radius 2 is 2.22 bits per heavy atom. The number of rotatable bonds is 7. The van der Waals surface area contributed by atoms with Gasteiger partial charge in [-0.15, -0.1) is 0 Å². The van der Waals surface area contributed by atoms with Gasteiger partial charge in [0, 0.05) is 25.8 Å². The molecule has 1 aromatic rings. The van der Waals surface area contributed by atoms with Gasteiger partial charge >= 0.3 is 0 Å². The van der Waals surface area contributed by atoms with E-state index in [-0.39, 0.29) is 0 Å². The molecule has 0 aromatic carbocycles. The topological polar surface area (TPSA) is 88.3 Å². The minimum atomic E-state index is -3.10. The van der Waals surface area contributed by atoms with Crippen molar-refractivity contribution in [3.63, 3.8) is 0 Å². The molecule has 0 bridgehead atoms. The van der Waals surface area contributed by atoms with Crippen molar-refractivity contribution >= 4 is 21.5 Å². The normalized spacial score (nSPS) is 11.7. The number of hydrogen-bond acceptors (Lipinski definition) is 5. The molecule has 1 rings (SSSR count). The first-order valence-electron chi connectivity index (χ1n) is 5.84. The molecule has 6 nitrogen and oxygen atoms in total. The summed E-state index contributed by atoms with van der Waals surface area (Å²) in [4.78, 5) is 4.10. The molecule has 0 aliphatic heterocycles. The van der Waals surface area contributed by atoms with Crippen LogP contribution in [0.3, 0.4) is 0 Å². The molecule has 102 valence electrons. The van der Waals surface area contributed by atoms with Crippen LogP contribution in [0.2, 0.25) is 0 Å². The molecule has 18 heavy (non-hydrogen) atoms. The number of nitrogen functional groups attached to an aromatic ring is 1. The zero-order valence-electron chi connectivity index (χ0n) is 10.8. The average Bonchev–Trinajstić information content (AvgIpc) is 2.29. The molecule has 0 saturated carbocycles. The van der Waals surface area contributed by atoms with E-state index >= 15 is 0 Å². The van der Waals surface area contributed by atoms with Crippen LogP contribution in [-0.2, 0) is 10.0 Å². The number of aromatic nitrogens is 1. The fourth-order valence-electron chi connectivity index (χ4n) is 1.59. The van der Waals surface area contributed by atoms with Crippen molar-refractivity contribution in [1.82, 2.24) is 9.29 Å². The van der Waals surface area contributed by atoms with Gasteiger partial charge in [-0.05, 0) is 18.6 Å². The predicted molar refractivity (Wildman–Crippen MR) is 73.8 cm³/mol. The van der Waals surface area contributed by atoms with Crippen molar-refractivity contribution in [2.24, 2.45) is 0 Å². The largest absolute Gasteiger partial charge is 0.396 e. The molecule has 0 atom stereocenters. The fraction of sp³-hybridized carbons (Fsp3) is 0.545. The van der Waals surface area contributed by atoms with Crippen LogP contribution >= 0.6 is 0 Å². The highest BCUT2D eigenvalue weighted by Gasteiger charge is 2.13. The molecule has 0 radical (unpaired) electrons. The van der Waals surface area contributed by atoms with Crippen LogP contribution < -0.4 is 11.1 Å². The van der Waals surface area contributed by atoms with E-state index in [0.29, 0.717) is 37.6 Å². The van der Waals surface area contributed by atoms with E-state index in [0.717, 1.165) is 0 Å². The molecular weight excluding hydrogens is 252 g/mol. The number of hydrogen-bond donors (Lipinski definition) is 2. The number of nitrogens with zero attached hydrogens (tertiary/aromatic N) is 2. The van der Waals surface area contributed by atoms with Crippen molar-refractivity contribution in [2.75, 3.05) is 36.9 Å². The van der Waals surface area contributed by atoms with Crippen LogP contribution in [-0.4, -0.2) is 43.6 Å². The first kappa shape index (κ1) is 14.7. The lowest BCUT2D eigenvalue weighted by atomic mass is 10.3. The van der Waals surface area contributed by atoms with Crippen molar-refractivity contribution in [2.45, 2.75) is 13.3 Å². The van der Waals surface area contributed by atoms with Gasteiger partial charge in [-0.1, -0.05) is 6.92 Å². The lowest BCUT2D eigenvalue weighted by Gasteiger charge is -2.17. The number of sulfonamides is 1. The third kappa shape index (κ3) is 4.50. The summed E-state index contributed by atoms with van der Waals surface area (Å²) >= 11 is 0. The van der Waals surface area contributed by atoms with Crippen LogP contribution in [0.5, 0.6) is 0 Å². The van der Waals surface area contributed by atoms with Gasteiger partial charge in [-0.2, -0.15) is 0 Å². The van der Waals surface area contributed by atoms with E-state index in [1.54, 1.807) is 18.3 Å². The van der Waals surface area contributed by atoms with Crippen molar-refractivity contribution < 1.29 is 8.42 Å². The maximum Gasteiger partial charge on any atom is 0.211 e. The highest BCUT2D eigenvalue weighted by atomic mass is 32.2. The lowest BCUT2D eigenvalue weighted by Crippen LogP contribution is -2.31. The second-order valence-electron chi connectivity index (χ2n) is 3.98. The predicted octanol–water partition coefficient (Wildman–Crippen LogP) is 0.747. The molecule has 0 spiro atoms. The summed E-state index contributed by atoms with van der Waals surface area (Å²) < 4.78 is 24.1. The number of pyridine rings is 1. The van der Waals surface area contributed by atoms with Crippen LogP contribution in [0, 0.1) is 0 Å². The molecule has 0 aliphatic carbocycles. The maximum absolute atomic E-state index is 11.4. The van der Waals surface area contributed by atoms with E-state index in [4.69, 9.17) is 5.73 Å². The smallest absolute Gasteiger partial charge is 0.211 e. The third-order valence-corrected chi connectivity index (χ3v) is 3.92. The summed E-state index contributed by atoms with van der Waals surface area (Å²) in [6, 6.07) is 3.53. The van der Waals surface area contributed by atoms with Crippen LogP contribution in [0.25, 0.3) is 0 Å². The Balaban J connectivity index is 2.37. The molecule has 0 fully saturated rings. The second kappa shape index (κ2) is 6.55. The SMILES string of the molecule is CCN(CCCNc1ncccc1N)S(C)(=O)=O. The highest BCUT2D eigenvalue weighted by molar-refractivity contribution is 7.88. The maximum atomic E-state index is 11.4. The van der Waals surface area contributed by atoms with Gasteiger partial charge in [0.25, 0.3) is 0 Å². The van der Waals surface area contributed by atoms with E-state index in [1.807, 2.05) is 6.92 Å². The number of anilines is 2. The van der Waals surface area contributed by atoms with Gasteiger partial charge in [0.05, 0.1) is 11.9 Å². The van der Waals surface area contributed by atoms with E-state index < -0.39 is 10.0 Å². The monoisotopic (exact) mass is 272 g/mol. The quantitative estimate of drug-likeness (QED) is 0.715. The molecule has 7 heteroatoms. The Kier molecular flexibility index (Phi) is 5.36. The summed E-state index contributed by atoms with van der Waals surface area (Å²) in [7, 11) is -3.10. The van der Waals surface area contributed by atoms with Crippen molar-refractivity contribution in [1.29, 1.82) is 0 Å². The Labute approximate surface area is 108 Å². The zero-order valence-corrected chi connectivity index (χ0v) is 11.6. The van der Waals surface area contributed by atoms with Crippen LogP contribution in [0.1, 0.15) is 13.3 Å². The molecule has 1 heterocycles. The minimum absolute atomic E-state index is 0.491. The Hall–Kier alpha value is -1.34. The van der Waals surface area contributed by atoms with Gasteiger partial charge in [0.2, 0.25) is 10.0 Å². The molecule has 1 aromatic heterocycles. The Bertz CT molecular complexity index is 476. The van der Waals surface area contributed by atoms with Crippen LogP contribution in [0.15, 0.2) is 18.3 Å². The molecule has 0 unspecified atom stereocenters. The van der Waals surface area contributed by atoms with Crippen molar-refractivity contribution in [3.8, 4) is 0 Å². The number of nitrogens with two attached hydrogens (primary N) is 1. The first-order chi connectivity index (χ1) is 8.45. The van der Waals surface area contributed by atoms with Gasteiger partial charge in [-0.25, -0.2) is 17.7 Å². The molecule has 3 N–H and O–H groups in total. The van der Waals surface area contributed by atoms with Crippen molar-refractivity contribution in [3.05, 3.63) is 18.3 Å². The average molecular weight is 272 g/mol. The van der Waals surface area contributed by atoms with Gasteiger partial charge < -0.3 is 11.1 Å². The summed E-state index contributed by atoms with van der Waals surface area (Å²) in [6.45, 7) is 3.44. The second-order valence-corrected chi connectivity index (χ2v) is 5.96. The highest BCUT2D eigenvalue weighted by Crippen LogP contribution is 2.12. The van der Waals surface area contributed by atoms with Crippen LogP contribution in [0.4, 0.5) is 11.5 Å². The van der Waals surface area contributed by atoms with E-state index in [1.165, 1.54) is 10.6 Å². The third-order valence-electron chi connectivity index (χ3n) is 2.54. The summed E-state index contributed by atoms with van der Waals surface area (Å²) in [6.07, 6.45) is 3.59. The summed E-state index contributed by atoms with van der Waals surface area (Å²) in [5.41, 5.74) is 6.32. The Morgan fingerprint density at radius 1 is 1.50 bits per heavy atom. The van der Waals surface area contributed by atoms with E-state index in [9.17, 15) is 8.42 Å². The molecule has 0 amide bonds. The minimum Gasteiger partial charge on any atom is -0.396 e. The molecular formula is C11H20N4O2S. The summed E-state index contributed by atoms with van der Waals surface area (Å²) in [5, 5.41) is 3.09. The Morgan fingerprint density at radius 3 is 2.78 bits per heavy atom. The van der Waals surface area contributed by atoms with Gasteiger partial charge in [0.15, 0.2) is 0 Å². The summed E-state index contributed by atoms with van der Waals surface area (Å²) in [5.74, 6) is 0.639.